The molecule has 0 radical (unpaired) electrons. The van der Waals surface area contributed by atoms with Gasteiger partial charge in [-0.1, -0.05) is 0 Å². The Morgan fingerprint density at radius 1 is 1.07 bits per heavy atom. The summed E-state index contributed by atoms with van der Waals surface area (Å²) >= 11 is 0. The molecule has 1 aliphatic rings. The zero-order chi connectivity index (χ0) is 19.8. The molecule has 2 amide bonds. The van der Waals surface area contributed by atoms with E-state index in [1.54, 1.807) is 0 Å². The molecule has 27 heavy (non-hydrogen) atoms. The first kappa shape index (κ1) is 18.8. The van der Waals surface area contributed by atoms with Gasteiger partial charge in [-0.05, 0) is 36.4 Å². The summed E-state index contributed by atoms with van der Waals surface area (Å²) < 4.78 is 64.4. The number of amides is 2. The number of nitrogens with zero attached hydrogens (tertiary/aromatic N) is 1. The molecular formula is C18H13F5N2O2. The molecular weight excluding hydrogens is 371 g/mol. The van der Waals surface area contributed by atoms with E-state index in [1.807, 2.05) is 0 Å². The van der Waals surface area contributed by atoms with E-state index in [0.717, 1.165) is 36.4 Å². The van der Waals surface area contributed by atoms with Crippen molar-refractivity contribution in [2.24, 2.45) is 5.92 Å². The van der Waals surface area contributed by atoms with Crippen LogP contribution in [0, 0.1) is 17.6 Å². The van der Waals surface area contributed by atoms with E-state index in [0.29, 0.717) is 6.07 Å². The molecule has 1 saturated heterocycles. The van der Waals surface area contributed by atoms with E-state index in [9.17, 15) is 31.5 Å². The topological polar surface area (TPSA) is 49.4 Å². The number of nitrogens with one attached hydrogen (secondary N) is 1. The number of hydrogen-bond donors (Lipinski definition) is 1. The average Bonchev–Trinajstić information content (AvgIpc) is 2.98. The van der Waals surface area contributed by atoms with E-state index >= 15 is 0 Å². The predicted molar refractivity (Wildman–Crippen MR) is 86.9 cm³/mol. The van der Waals surface area contributed by atoms with Crippen LogP contribution in [0.4, 0.5) is 33.3 Å². The lowest BCUT2D eigenvalue weighted by molar-refractivity contribution is -0.137. The number of halogens is 5. The summed E-state index contributed by atoms with van der Waals surface area (Å²) in [6.07, 6.45) is -4.66. The zero-order valence-corrected chi connectivity index (χ0v) is 13.7. The lowest BCUT2D eigenvalue weighted by Gasteiger charge is -2.17. The normalized spacial score (nSPS) is 17.3. The molecule has 142 valence electrons. The molecule has 4 nitrogen and oxygen atoms in total. The highest BCUT2D eigenvalue weighted by molar-refractivity contribution is 6.03. The summed E-state index contributed by atoms with van der Waals surface area (Å²) in [4.78, 5) is 25.6. The van der Waals surface area contributed by atoms with Crippen LogP contribution in [0.15, 0.2) is 42.5 Å². The summed E-state index contributed by atoms with van der Waals surface area (Å²) in [7, 11) is 0. The fourth-order valence-electron chi connectivity index (χ4n) is 2.79. The third-order valence-corrected chi connectivity index (χ3v) is 4.19. The van der Waals surface area contributed by atoms with Crippen molar-refractivity contribution >= 4 is 23.2 Å². The van der Waals surface area contributed by atoms with Crippen molar-refractivity contribution < 1.29 is 31.5 Å². The van der Waals surface area contributed by atoms with Crippen molar-refractivity contribution in [2.45, 2.75) is 12.6 Å². The number of benzene rings is 2. The average molecular weight is 384 g/mol. The summed E-state index contributed by atoms with van der Waals surface area (Å²) in [5.74, 6) is -3.63. The zero-order valence-electron chi connectivity index (χ0n) is 13.7. The number of alkyl halides is 3. The second-order valence-electron chi connectivity index (χ2n) is 6.06. The molecule has 0 aromatic heterocycles. The highest BCUT2D eigenvalue weighted by atomic mass is 19.4. The van der Waals surface area contributed by atoms with Gasteiger partial charge in [0.25, 0.3) is 0 Å². The van der Waals surface area contributed by atoms with Crippen LogP contribution in [-0.4, -0.2) is 18.4 Å². The molecule has 0 aliphatic carbocycles. The molecule has 0 saturated carbocycles. The van der Waals surface area contributed by atoms with Gasteiger partial charge in [0, 0.05) is 24.7 Å². The van der Waals surface area contributed by atoms with Crippen LogP contribution < -0.4 is 10.2 Å². The maximum Gasteiger partial charge on any atom is 0.416 e. The molecule has 1 fully saturated rings. The first-order chi connectivity index (χ1) is 12.6. The monoisotopic (exact) mass is 384 g/mol. The van der Waals surface area contributed by atoms with Gasteiger partial charge in [-0.25, -0.2) is 8.78 Å². The number of carbonyl (C=O) groups excluding carboxylic acids is 2. The fourth-order valence-corrected chi connectivity index (χ4v) is 2.79. The van der Waals surface area contributed by atoms with Gasteiger partial charge >= 0.3 is 6.18 Å². The van der Waals surface area contributed by atoms with E-state index in [2.05, 4.69) is 5.32 Å². The quantitative estimate of drug-likeness (QED) is 0.814. The van der Waals surface area contributed by atoms with Crippen molar-refractivity contribution in [3.63, 3.8) is 0 Å². The molecule has 1 unspecified atom stereocenters. The first-order valence-electron chi connectivity index (χ1n) is 7.88. The van der Waals surface area contributed by atoms with Gasteiger partial charge in [0.1, 0.15) is 11.6 Å². The largest absolute Gasteiger partial charge is 0.416 e. The van der Waals surface area contributed by atoms with Crippen LogP contribution in [0.2, 0.25) is 0 Å². The van der Waals surface area contributed by atoms with Gasteiger partial charge in [0.15, 0.2) is 0 Å². The fraction of sp³-hybridized carbons (Fsp3) is 0.222. The van der Waals surface area contributed by atoms with Crippen LogP contribution in [0.5, 0.6) is 0 Å². The van der Waals surface area contributed by atoms with Gasteiger partial charge < -0.3 is 10.2 Å². The number of hydrogen-bond acceptors (Lipinski definition) is 2. The first-order valence-corrected chi connectivity index (χ1v) is 7.88. The molecule has 0 spiro atoms. The Bertz CT molecular complexity index is 880. The Hall–Kier alpha value is -2.97. The minimum absolute atomic E-state index is 0.0567. The smallest absolute Gasteiger partial charge is 0.323 e. The van der Waals surface area contributed by atoms with Crippen molar-refractivity contribution in [3.8, 4) is 0 Å². The Morgan fingerprint density at radius 2 is 1.74 bits per heavy atom. The van der Waals surface area contributed by atoms with Gasteiger partial charge in [-0.15, -0.1) is 0 Å². The third-order valence-electron chi connectivity index (χ3n) is 4.19. The summed E-state index contributed by atoms with van der Waals surface area (Å²) in [6.45, 7) is -0.0567. The highest BCUT2D eigenvalue weighted by Gasteiger charge is 2.36. The second-order valence-corrected chi connectivity index (χ2v) is 6.06. The molecule has 1 atom stereocenters. The maximum absolute atomic E-state index is 13.6. The third kappa shape index (κ3) is 4.07. The van der Waals surface area contributed by atoms with Gasteiger partial charge in [-0.3, -0.25) is 9.59 Å². The SMILES string of the molecule is O=C(Nc1ccc(F)cc1F)C1CC(=O)N(c2ccc(C(F)(F)F)cc2)C1. The van der Waals surface area contributed by atoms with Crippen molar-refractivity contribution in [1.82, 2.24) is 0 Å². The summed E-state index contributed by atoms with van der Waals surface area (Å²) in [5, 5.41) is 2.29. The van der Waals surface area contributed by atoms with Crippen LogP contribution in [0.3, 0.4) is 0 Å². The van der Waals surface area contributed by atoms with E-state index in [-0.39, 0.29) is 24.3 Å². The lowest BCUT2D eigenvalue weighted by Crippen LogP contribution is -2.28. The molecule has 0 bridgehead atoms. The maximum atomic E-state index is 13.6. The van der Waals surface area contributed by atoms with Crippen molar-refractivity contribution in [3.05, 3.63) is 59.7 Å². The Kier molecular flexibility index (Phi) is 4.86. The Morgan fingerprint density at radius 3 is 2.33 bits per heavy atom. The van der Waals surface area contributed by atoms with Crippen molar-refractivity contribution in [2.75, 3.05) is 16.8 Å². The molecule has 1 N–H and O–H groups in total. The highest BCUT2D eigenvalue weighted by Crippen LogP contribution is 2.32. The van der Waals surface area contributed by atoms with Gasteiger partial charge in [0.2, 0.25) is 11.8 Å². The molecule has 1 heterocycles. The number of carbonyl (C=O) groups is 2. The molecule has 1 aliphatic heterocycles. The van der Waals surface area contributed by atoms with Crippen LogP contribution in [0.25, 0.3) is 0 Å². The van der Waals surface area contributed by atoms with Gasteiger partial charge in [0.05, 0.1) is 17.2 Å². The molecule has 2 aromatic rings. The van der Waals surface area contributed by atoms with E-state index < -0.39 is 41.1 Å². The molecule has 9 heteroatoms. The van der Waals surface area contributed by atoms with Crippen LogP contribution in [-0.2, 0) is 15.8 Å². The molecule has 3 rings (SSSR count). The summed E-state index contributed by atoms with van der Waals surface area (Å²) in [5.41, 5.74) is -0.836. The van der Waals surface area contributed by atoms with Crippen molar-refractivity contribution in [1.29, 1.82) is 0 Å². The summed E-state index contributed by atoms with van der Waals surface area (Å²) in [6, 6.07) is 6.67. The number of anilines is 2. The lowest BCUT2D eigenvalue weighted by atomic mass is 10.1. The second kappa shape index (κ2) is 6.98. The standard InChI is InChI=1S/C18H13F5N2O2/c19-12-3-6-15(14(20)8-12)24-17(27)10-7-16(26)25(9-10)13-4-1-11(2-5-13)18(21,22)23/h1-6,8,10H,7,9H2,(H,24,27). The van der Waals surface area contributed by atoms with Gasteiger partial charge in [-0.2, -0.15) is 13.2 Å². The minimum atomic E-state index is -4.49. The van der Waals surface area contributed by atoms with E-state index in [4.69, 9.17) is 0 Å². The van der Waals surface area contributed by atoms with Crippen LogP contribution in [0.1, 0.15) is 12.0 Å². The Labute approximate surface area is 150 Å². The molecule has 2 aromatic carbocycles. The minimum Gasteiger partial charge on any atom is -0.323 e. The van der Waals surface area contributed by atoms with E-state index in [1.165, 1.54) is 4.90 Å². The number of rotatable bonds is 3. The van der Waals surface area contributed by atoms with Crippen LogP contribution >= 0.6 is 0 Å². The Balaban J connectivity index is 1.70. The predicted octanol–water partition coefficient (Wildman–Crippen LogP) is 3.98.